The van der Waals surface area contributed by atoms with E-state index in [1.165, 1.54) is 9.80 Å². The van der Waals surface area contributed by atoms with Crippen LogP contribution in [0.2, 0.25) is 0 Å². The van der Waals surface area contributed by atoms with Crippen LogP contribution in [-0.2, 0) is 10.9 Å². The van der Waals surface area contributed by atoms with Crippen molar-refractivity contribution in [2.24, 2.45) is 0 Å². The average molecular weight is 575 g/mol. The average Bonchev–Trinajstić information content (AvgIpc) is 3.39. The molecule has 0 unspecified atom stereocenters. The summed E-state index contributed by atoms with van der Waals surface area (Å²) in [5, 5.41) is 11.8. The zero-order valence-corrected chi connectivity index (χ0v) is 21.3. The number of carbonyl (C=O) groups is 2. The maximum Gasteiger partial charge on any atom is 0.418 e. The summed E-state index contributed by atoms with van der Waals surface area (Å²) in [5.74, 6) is -3.58. The zero-order chi connectivity index (χ0) is 29.5. The molecule has 9 nitrogen and oxygen atoms in total. The second kappa shape index (κ2) is 10.8. The molecule has 2 aromatic carbocycles. The van der Waals surface area contributed by atoms with Crippen LogP contribution in [0.4, 0.5) is 27.6 Å². The van der Waals surface area contributed by atoms with Gasteiger partial charge in [-0.05, 0) is 24.6 Å². The smallest absolute Gasteiger partial charge is 0.378 e. The van der Waals surface area contributed by atoms with Crippen molar-refractivity contribution in [2.75, 3.05) is 44.3 Å². The van der Waals surface area contributed by atoms with Crippen LogP contribution in [0.15, 0.2) is 35.1 Å². The third-order valence-electron chi connectivity index (χ3n) is 7.03. The van der Waals surface area contributed by atoms with E-state index in [1.807, 2.05) is 0 Å². The Bertz CT molecular complexity index is 1640. The van der Waals surface area contributed by atoms with Gasteiger partial charge in [0.05, 0.1) is 52.7 Å². The van der Waals surface area contributed by atoms with Crippen LogP contribution >= 0.6 is 0 Å². The lowest BCUT2D eigenvalue weighted by atomic mass is 10.00. The number of nitriles is 1. The number of ether oxygens (including phenoxy) is 1. The van der Waals surface area contributed by atoms with Gasteiger partial charge in [0.25, 0.3) is 11.8 Å². The predicted molar refractivity (Wildman–Crippen MR) is 135 cm³/mol. The van der Waals surface area contributed by atoms with Gasteiger partial charge in [-0.2, -0.15) is 18.4 Å². The number of halogens is 5. The molecule has 2 aliphatic rings. The Kier molecular flexibility index (Phi) is 7.39. The fourth-order valence-corrected chi connectivity index (χ4v) is 5.17. The van der Waals surface area contributed by atoms with E-state index in [2.05, 4.69) is 10.3 Å². The van der Waals surface area contributed by atoms with Crippen LogP contribution in [0.5, 0.6) is 0 Å². The highest BCUT2D eigenvalue weighted by atomic mass is 19.4. The number of nitrogens with one attached hydrogen (secondary N) is 2. The van der Waals surface area contributed by atoms with E-state index >= 15 is 0 Å². The summed E-state index contributed by atoms with van der Waals surface area (Å²) in [6, 6.07) is 5.08. The van der Waals surface area contributed by atoms with E-state index in [4.69, 9.17) is 4.74 Å². The lowest BCUT2D eigenvalue weighted by molar-refractivity contribution is -0.137. The Morgan fingerprint density at radius 2 is 1.78 bits per heavy atom. The first-order valence-electron chi connectivity index (χ1n) is 12.6. The van der Waals surface area contributed by atoms with E-state index in [9.17, 15) is 41.6 Å². The topological polar surface area (TPSA) is 119 Å². The highest BCUT2D eigenvalue weighted by molar-refractivity contribution is 6.06. The molecule has 2 aliphatic heterocycles. The summed E-state index contributed by atoms with van der Waals surface area (Å²) in [6.07, 6.45) is -4.74. The van der Waals surface area contributed by atoms with Gasteiger partial charge >= 0.3 is 6.18 Å². The minimum absolute atomic E-state index is 0.0166. The van der Waals surface area contributed by atoms with Gasteiger partial charge in [-0.1, -0.05) is 0 Å². The number of fused-ring (bicyclic) bond motifs is 1. The minimum Gasteiger partial charge on any atom is -0.378 e. The highest BCUT2D eigenvalue weighted by Gasteiger charge is 2.40. The number of anilines is 1. The van der Waals surface area contributed by atoms with Crippen molar-refractivity contribution >= 4 is 28.4 Å². The van der Waals surface area contributed by atoms with Crippen molar-refractivity contribution < 1.29 is 36.3 Å². The number of carbonyl (C=O) groups excluding carboxylic acids is 2. The van der Waals surface area contributed by atoms with E-state index < -0.39 is 52.5 Å². The van der Waals surface area contributed by atoms with Crippen molar-refractivity contribution in [3.8, 4) is 6.07 Å². The van der Waals surface area contributed by atoms with Gasteiger partial charge < -0.3 is 24.8 Å². The lowest BCUT2D eigenvalue weighted by Crippen LogP contribution is -2.42. The molecule has 1 atom stereocenters. The molecule has 5 rings (SSSR count). The molecule has 0 aliphatic carbocycles. The number of pyridine rings is 1. The standard InChI is InChI=1S/C27H22F5N5O4/c28-15-9-17-18(11-22(38)35-23(17)21(29)10-15)25(39)34-16-1-2-37(13-16)24-19(26(40)36-3-5-41-6-4-36)7-14(12-33)8-20(24)27(30,31)32/h7-11,16H,1-6,13H2,(H,34,39)(H,35,38)/t16-/m1/s1. The molecule has 2 amide bonds. The van der Waals surface area contributed by atoms with E-state index in [0.29, 0.717) is 12.1 Å². The van der Waals surface area contributed by atoms with Crippen LogP contribution in [0, 0.1) is 23.0 Å². The fourth-order valence-electron chi connectivity index (χ4n) is 5.17. The van der Waals surface area contributed by atoms with Gasteiger partial charge in [0.1, 0.15) is 11.6 Å². The van der Waals surface area contributed by atoms with Crippen molar-refractivity contribution in [3.63, 3.8) is 0 Å². The number of hydrogen-bond donors (Lipinski definition) is 2. The van der Waals surface area contributed by atoms with Gasteiger partial charge in [-0.15, -0.1) is 0 Å². The van der Waals surface area contributed by atoms with Gasteiger partial charge in [0.2, 0.25) is 5.56 Å². The van der Waals surface area contributed by atoms with Crippen molar-refractivity contribution in [1.29, 1.82) is 5.26 Å². The Balaban J connectivity index is 1.47. The summed E-state index contributed by atoms with van der Waals surface area (Å²) < 4.78 is 76.1. The molecule has 0 spiro atoms. The summed E-state index contributed by atoms with van der Waals surface area (Å²) in [7, 11) is 0. The molecule has 3 heterocycles. The summed E-state index contributed by atoms with van der Waals surface area (Å²) >= 11 is 0. The number of rotatable bonds is 4. The molecule has 0 bridgehead atoms. The molecule has 0 radical (unpaired) electrons. The molecule has 41 heavy (non-hydrogen) atoms. The molecular weight excluding hydrogens is 553 g/mol. The van der Waals surface area contributed by atoms with Crippen LogP contribution in [0.3, 0.4) is 0 Å². The number of aromatic amines is 1. The number of nitrogens with zero attached hydrogens (tertiary/aromatic N) is 3. The first-order chi connectivity index (χ1) is 19.5. The van der Waals surface area contributed by atoms with Crippen LogP contribution in [0.1, 0.15) is 38.3 Å². The number of benzene rings is 2. The maximum absolute atomic E-state index is 14.2. The molecular formula is C27H22F5N5O4. The molecule has 2 saturated heterocycles. The normalized spacial score (nSPS) is 17.5. The first-order valence-corrected chi connectivity index (χ1v) is 12.6. The predicted octanol–water partition coefficient (Wildman–Crippen LogP) is 3.18. The van der Waals surface area contributed by atoms with Crippen LogP contribution in [0.25, 0.3) is 10.9 Å². The van der Waals surface area contributed by atoms with E-state index in [-0.39, 0.29) is 73.4 Å². The van der Waals surface area contributed by atoms with Gasteiger partial charge in [0.15, 0.2) is 0 Å². The number of H-pyrrole nitrogens is 1. The third kappa shape index (κ3) is 5.58. The van der Waals surface area contributed by atoms with Crippen molar-refractivity contribution in [1.82, 2.24) is 15.2 Å². The quantitative estimate of drug-likeness (QED) is 0.462. The Morgan fingerprint density at radius 1 is 1.05 bits per heavy atom. The minimum atomic E-state index is -4.90. The molecule has 3 aromatic rings. The number of amides is 2. The van der Waals surface area contributed by atoms with Crippen molar-refractivity contribution in [3.05, 3.63) is 74.6 Å². The summed E-state index contributed by atoms with van der Waals surface area (Å²) in [4.78, 5) is 43.4. The SMILES string of the molecule is N#Cc1cc(C(=O)N2CCOCC2)c(N2CC[C@@H](NC(=O)c3cc(=O)[nH]c4c(F)cc(F)cc34)C2)c(C(F)(F)F)c1. The molecule has 14 heteroatoms. The monoisotopic (exact) mass is 575 g/mol. The molecule has 0 saturated carbocycles. The number of alkyl halides is 3. The number of hydrogen-bond acceptors (Lipinski definition) is 6. The Morgan fingerprint density at radius 3 is 2.46 bits per heavy atom. The molecule has 214 valence electrons. The van der Waals surface area contributed by atoms with Gasteiger partial charge in [0, 0.05) is 49.7 Å². The fraction of sp³-hybridized carbons (Fsp3) is 0.333. The number of aromatic nitrogens is 1. The summed E-state index contributed by atoms with van der Waals surface area (Å²) in [6.45, 7) is 0.638. The highest BCUT2D eigenvalue weighted by Crippen LogP contribution is 2.41. The largest absolute Gasteiger partial charge is 0.418 e. The molecule has 2 N–H and O–H groups in total. The molecule has 2 fully saturated rings. The lowest BCUT2D eigenvalue weighted by Gasteiger charge is -2.31. The van der Waals surface area contributed by atoms with Crippen molar-refractivity contribution in [2.45, 2.75) is 18.6 Å². The maximum atomic E-state index is 14.2. The Labute approximate surface area is 229 Å². The van der Waals surface area contributed by atoms with E-state index in [0.717, 1.165) is 18.2 Å². The Hall–Kier alpha value is -4.51. The summed E-state index contributed by atoms with van der Waals surface area (Å²) in [5.41, 5.74) is -3.67. The second-order valence-corrected chi connectivity index (χ2v) is 9.70. The first kappa shape index (κ1) is 28.0. The third-order valence-corrected chi connectivity index (χ3v) is 7.03. The van der Waals surface area contributed by atoms with Gasteiger partial charge in [-0.25, -0.2) is 8.78 Å². The van der Waals surface area contributed by atoms with Crippen LogP contribution in [-0.4, -0.2) is 67.1 Å². The van der Waals surface area contributed by atoms with E-state index in [1.54, 1.807) is 6.07 Å². The van der Waals surface area contributed by atoms with Crippen LogP contribution < -0.4 is 15.8 Å². The van der Waals surface area contributed by atoms with Gasteiger partial charge in [-0.3, -0.25) is 14.4 Å². The molecule has 1 aromatic heterocycles. The number of morpholine rings is 1. The zero-order valence-electron chi connectivity index (χ0n) is 21.3. The second-order valence-electron chi connectivity index (χ2n) is 9.70.